The van der Waals surface area contributed by atoms with Crippen LogP contribution in [0.4, 0.5) is 0 Å². The molecule has 2 N–H and O–H groups in total. The third-order valence-corrected chi connectivity index (χ3v) is 4.40. The van der Waals surface area contributed by atoms with E-state index < -0.39 is 6.10 Å². The standard InChI is InChI=1S/C15H17ClN2O2S/c1-9-14(21-10(2)18-9)8-17-15(20)7-13(19)11-3-5-12(16)6-4-11/h3-6,13,19H,7-8H2,1-2H3,(H,17,20). The van der Waals surface area contributed by atoms with Crippen LogP contribution >= 0.6 is 22.9 Å². The fourth-order valence-electron chi connectivity index (χ4n) is 1.97. The number of hydrogen-bond donors (Lipinski definition) is 2. The summed E-state index contributed by atoms with van der Waals surface area (Å²) in [6.07, 6.45) is -0.801. The molecular formula is C15H17ClN2O2S. The second-order valence-corrected chi connectivity index (χ2v) is 6.51. The first-order chi connectivity index (χ1) is 9.95. The van der Waals surface area contributed by atoms with Crippen LogP contribution in [-0.4, -0.2) is 16.0 Å². The summed E-state index contributed by atoms with van der Waals surface area (Å²) >= 11 is 7.36. The lowest BCUT2D eigenvalue weighted by Crippen LogP contribution is -2.24. The van der Waals surface area contributed by atoms with Crippen molar-refractivity contribution in [3.05, 3.63) is 50.4 Å². The van der Waals surface area contributed by atoms with E-state index >= 15 is 0 Å². The van der Waals surface area contributed by atoms with Gasteiger partial charge in [-0.2, -0.15) is 0 Å². The van der Waals surface area contributed by atoms with E-state index in [9.17, 15) is 9.90 Å². The zero-order valence-corrected chi connectivity index (χ0v) is 13.5. The number of aliphatic hydroxyl groups excluding tert-OH is 1. The van der Waals surface area contributed by atoms with E-state index in [1.165, 1.54) is 0 Å². The first-order valence-corrected chi connectivity index (χ1v) is 7.78. The van der Waals surface area contributed by atoms with Crippen LogP contribution in [0.25, 0.3) is 0 Å². The number of hydrogen-bond acceptors (Lipinski definition) is 4. The summed E-state index contributed by atoms with van der Waals surface area (Å²) < 4.78 is 0. The number of carbonyl (C=O) groups is 1. The van der Waals surface area contributed by atoms with Crippen molar-refractivity contribution in [3.63, 3.8) is 0 Å². The molecule has 0 fully saturated rings. The second kappa shape index (κ2) is 7.02. The molecule has 21 heavy (non-hydrogen) atoms. The van der Waals surface area contributed by atoms with Gasteiger partial charge in [-0.1, -0.05) is 23.7 Å². The Balaban J connectivity index is 1.86. The molecule has 0 aliphatic rings. The Hall–Kier alpha value is -1.43. The maximum atomic E-state index is 11.9. The topological polar surface area (TPSA) is 62.2 Å². The minimum Gasteiger partial charge on any atom is -0.388 e. The van der Waals surface area contributed by atoms with Crippen LogP contribution < -0.4 is 5.32 Å². The van der Waals surface area contributed by atoms with E-state index in [1.807, 2.05) is 13.8 Å². The largest absolute Gasteiger partial charge is 0.388 e. The van der Waals surface area contributed by atoms with Crippen LogP contribution in [0, 0.1) is 13.8 Å². The van der Waals surface area contributed by atoms with E-state index in [1.54, 1.807) is 35.6 Å². The number of nitrogens with zero attached hydrogens (tertiary/aromatic N) is 1. The van der Waals surface area contributed by atoms with Crippen molar-refractivity contribution >= 4 is 28.8 Å². The number of benzene rings is 1. The summed E-state index contributed by atoms with van der Waals surface area (Å²) in [7, 11) is 0. The number of thiazole rings is 1. The number of aryl methyl sites for hydroxylation is 2. The maximum absolute atomic E-state index is 11.9. The first kappa shape index (κ1) is 15.9. The van der Waals surface area contributed by atoms with Crippen molar-refractivity contribution in [2.75, 3.05) is 0 Å². The molecule has 0 saturated heterocycles. The van der Waals surface area contributed by atoms with E-state index in [4.69, 9.17) is 11.6 Å². The van der Waals surface area contributed by atoms with Crippen LogP contribution in [0.3, 0.4) is 0 Å². The predicted octanol–water partition coefficient (Wildman–Crippen LogP) is 3.15. The minimum absolute atomic E-state index is 0.0263. The monoisotopic (exact) mass is 324 g/mol. The van der Waals surface area contributed by atoms with Gasteiger partial charge in [0.05, 0.1) is 29.8 Å². The van der Waals surface area contributed by atoms with Crippen LogP contribution in [-0.2, 0) is 11.3 Å². The summed E-state index contributed by atoms with van der Waals surface area (Å²) in [5.41, 5.74) is 1.62. The minimum atomic E-state index is -0.827. The Labute approximate surface area is 132 Å². The molecule has 0 radical (unpaired) electrons. The number of nitrogens with one attached hydrogen (secondary N) is 1. The lowest BCUT2D eigenvalue weighted by atomic mass is 10.1. The lowest BCUT2D eigenvalue weighted by Gasteiger charge is -2.11. The van der Waals surface area contributed by atoms with Gasteiger partial charge < -0.3 is 10.4 Å². The zero-order valence-electron chi connectivity index (χ0n) is 11.9. The smallest absolute Gasteiger partial charge is 0.223 e. The van der Waals surface area contributed by atoms with E-state index in [0.29, 0.717) is 17.1 Å². The zero-order chi connectivity index (χ0) is 15.4. The average Bonchev–Trinajstić information content (AvgIpc) is 2.75. The summed E-state index contributed by atoms with van der Waals surface area (Å²) in [5.74, 6) is -0.192. The molecule has 1 aromatic heterocycles. The van der Waals surface area contributed by atoms with Gasteiger partial charge in [0.15, 0.2) is 0 Å². The summed E-state index contributed by atoms with van der Waals surface area (Å²) in [5, 5.41) is 14.4. The fraction of sp³-hybridized carbons (Fsp3) is 0.333. The number of aromatic nitrogens is 1. The van der Waals surface area contributed by atoms with Crippen molar-refractivity contribution in [2.24, 2.45) is 0 Å². The van der Waals surface area contributed by atoms with E-state index in [2.05, 4.69) is 10.3 Å². The maximum Gasteiger partial charge on any atom is 0.223 e. The van der Waals surface area contributed by atoms with Crippen molar-refractivity contribution in [1.82, 2.24) is 10.3 Å². The molecule has 1 heterocycles. The van der Waals surface area contributed by atoms with Gasteiger partial charge in [0, 0.05) is 9.90 Å². The molecule has 112 valence electrons. The van der Waals surface area contributed by atoms with Crippen LogP contribution in [0.5, 0.6) is 0 Å². The molecule has 1 amide bonds. The quantitative estimate of drug-likeness (QED) is 0.888. The highest BCUT2D eigenvalue weighted by molar-refractivity contribution is 7.11. The Morgan fingerprint density at radius 3 is 2.62 bits per heavy atom. The molecule has 2 aromatic rings. The summed E-state index contributed by atoms with van der Waals surface area (Å²) in [6.45, 7) is 4.31. The number of rotatable bonds is 5. The molecule has 0 saturated carbocycles. The van der Waals surface area contributed by atoms with Gasteiger partial charge in [-0.3, -0.25) is 4.79 Å². The highest BCUT2D eigenvalue weighted by atomic mass is 35.5. The lowest BCUT2D eigenvalue weighted by molar-refractivity contribution is -0.123. The summed E-state index contributed by atoms with van der Waals surface area (Å²) in [6, 6.07) is 6.83. The molecule has 4 nitrogen and oxygen atoms in total. The van der Waals surface area contributed by atoms with E-state index in [0.717, 1.165) is 15.6 Å². The Bertz CT molecular complexity index is 625. The van der Waals surface area contributed by atoms with Crippen LogP contribution in [0.1, 0.15) is 33.7 Å². The Kier molecular flexibility index (Phi) is 5.33. The summed E-state index contributed by atoms with van der Waals surface area (Å²) in [4.78, 5) is 17.2. The molecule has 0 bridgehead atoms. The normalized spacial score (nSPS) is 12.2. The predicted molar refractivity (Wildman–Crippen MR) is 84.5 cm³/mol. The van der Waals surface area contributed by atoms with Crippen molar-refractivity contribution in [2.45, 2.75) is 32.9 Å². The molecule has 0 aliphatic heterocycles. The van der Waals surface area contributed by atoms with Gasteiger partial charge in [0.2, 0.25) is 5.91 Å². The van der Waals surface area contributed by atoms with Gasteiger partial charge in [0.1, 0.15) is 0 Å². The molecule has 0 spiro atoms. The van der Waals surface area contributed by atoms with Gasteiger partial charge in [-0.25, -0.2) is 4.98 Å². The van der Waals surface area contributed by atoms with Crippen LogP contribution in [0.2, 0.25) is 5.02 Å². The Morgan fingerprint density at radius 1 is 1.38 bits per heavy atom. The second-order valence-electron chi connectivity index (χ2n) is 4.79. The Morgan fingerprint density at radius 2 is 2.05 bits per heavy atom. The van der Waals surface area contributed by atoms with Gasteiger partial charge in [-0.05, 0) is 31.5 Å². The van der Waals surface area contributed by atoms with E-state index in [-0.39, 0.29) is 12.3 Å². The number of aliphatic hydroxyl groups is 1. The number of amides is 1. The van der Waals surface area contributed by atoms with Crippen LogP contribution in [0.15, 0.2) is 24.3 Å². The fourth-order valence-corrected chi connectivity index (χ4v) is 2.97. The molecule has 0 aliphatic carbocycles. The van der Waals surface area contributed by atoms with Gasteiger partial charge in [-0.15, -0.1) is 11.3 Å². The highest BCUT2D eigenvalue weighted by Crippen LogP contribution is 2.20. The van der Waals surface area contributed by atoms with Crippen molar-refractivity contribution < 1.29 is 9.90 Å². The molecule has 1 unspecified atom stereocenters. The van der Waals surface area contributed by atoms with Gasteiger partial charge >= 0.3 is 0 Å². The molecule has 2 rings (SSSR count). The van der Waals surface area contributed by atoms with Crippen molar-refractivity contribution in [1.29, 1.82) is 0 Å². The average molecular weight is 325 g/mol. The molecule has 1 aromatic carbocycles. The molecule has 1 atom stereocenters. The highest BCUT2D eigenvalue weighted by Gasteiger charge is 2.13. The molecular weight excluding hydrogens is 308 g/mol. The number of carbonyl (C=O) groups excluding carboxylic acids is 1. The number of halogens is 1. The third kappa shape index (κ3) is 4.52. The SMILES string of the molecule is Cc1nc(C)c(CNC(=O)CC(O)c2ccc(Cl)cc2)s1. The first-order valence-electron chi connectivity index (χ1n) is 6.59. The van der Waals surface area contributed by atoms with Crippen molar-refractivity contribution in [3.8, 4) is 0 Å². The van der Waals surface area contributed by atoms with Gasteiger partial charge in [0.25, 0.3) is 0 Å². The third-order valence-electron chi connectivity index (χ3n) is 3.08. The molecule has 6 heteroatoms.